The molecular formula is C17H27ClN2O2. The second-order valence-corrected chi connectivity index (χ2v) is 6.00. The third kappa shape index (κ3) is 4.28. The number of nitrogens with one attached hydrogen (secondary N) is 1. The van der Waals surface area contributed by atoms with E-state index in [9.17, 15) is 0 Å². The molecule has 1 atom stereocenters. The number of hydrogen-bond acceptors (Lipinski definition) is 4. The fourth-order valence-corrected chi connectivity index (χ4v) is 3.37. The number of halogens is 1. The van der Waals surface area contributed by atoms with Gasteiger partial charge in [0.1, 0.15) is 0 Å². The van der Waals surface area contributed by atoms with Crippen LogP contribution in [0.15, 0.2) is 12.1 Å². The van der Waals surface area contributed by atoms with Gasteiger partial charge in [0.05, 0.1) is 18.7 Å². The first-order chi connectivity index (χ1) is 10.7. The maximum Gasteiger partial charge on any atom is 0.179 e. The molecule has 22 heavy (non-hydrogen) atoms. The molecule has 0 bridgehead atoms. The zero-order chi connectivity index (χ0) is 15.9. The van der Waals surface area contributed by atoms with Gasteiger partial charge < -0.3 is 14.8 Å². The van der Waals surface area contributed by atoms with Crippen molar-refractivity contribution in [3.8, 4) is 11.5 Å². The minimum absolute atomic E-state index is 0.572. The van der Waals surface area contributed by atoms with E-state index < -0.39 is 0 Å². The summed E-state index contributed by atoms with van der Waals surface area (Å²) in [4.78, 5) is 2.54. The molecule has 1 heterocycles. The zero-order valence-electron chi connectivity index (χ0n) is 13.8. The van der Waals surface area contributed by atoms with Gasteiger partial charge in [-0.05, 0) is 50.6 Å². The van der Waals surface area contributed by atoms with Crippen molar-refractivity contribution in [2.24, 2.45) is 0 Å². The average molecular weight is 327 g/mol. The summed E-state index contributed by atoms with van der Waals surface area (Å²) in [6.45, 7) is 8.90. The SMILES string of the molecule is CCOc1c(Cl)cc(CNCC2CCCN2CC)cc1OC. The largest absolute Gasteiger partial charge is 0.493 e. The van der Waals surface area contributed by atoms with E-state index in [1.54, 1.807) is 7.11 Å². The van der Waals surface area contributed by atoms with Crippen LogP contribution in [0.25, 0.3) is 0 Å². The Morgan fingerprint density at radius 1 is 1.36 bits per heavy atom. The molecule has 124 valence electrons. The molecule has 4 nitrogen and oxygen atoms in total. The van der Waals surface area contributed by atoms with Crippen LogP contribution in [0, 0.1) is 0 Å². The standard InChI is InChI=1S/C17H27ClN2O2/c1-4-20-8-6-7-14(20)12-19-11-13-9-15(18)17(22-5-2)16(10-13)21-3/h9-10,14,19H,4-8,11-12H2,1-3H3. The Hall–Kier alpha value is -0.970. The minimum Gasteiger partial charge on any atom is -0.493 e. The molecule has 1 aromatic rings. The van der Waals surface area contributed by atoms with Crippen molar-refractivity contribution in [2.75, 3.05) is 33.4 Å². The van der Waals surface area contributed by atoms with Crippen molar-refractivity contribution in [2.45, 2.75) is 39.3 Å². The maximum absolute atomic E-state index is 6.30. The number of likely N-dealkylation sites (N-methyl/N-ethyl adjacent to an activating group) is 1. The van der Waals surface area contributed by atoms with Crippen LogP contribution in [0.5, 0.6) is 11.5 Å². The van der Waals surface area contributed by atoms with Crippen molar-refractivity contribution < 1.29 is 9.47 Å². The number of rotatable bonds is 8. The van der Waals surface area contributed by atoms with Crippen LogP contribution in [-0.4, -0.2) is 44.3 Å². The lowest BCUT2D eigenvalue weighted by Crippen LogP contribution is -2.37. The summed E-state index contributed by atoms with van der Waals surface area (Å²) in [6, 6.07) is 4.61. The second kappa shape index (κ2) is 8.61. The van der Waals surface area contributed by atoms with Gasteiger partial charge >= 0.3 is 0 Å². The Morgan fingerprint density at radius 3 is 2.86 bits per heavy atom. The molecule has 5 heteroatoms. The van der Waals surface area contributed by atoms with Crippen LogP contribution in [0.2, 0.25) is 5.02 Å². The summed E-state index contributed by atoms with van der Waals surface area (Å²) < 4.78 is 10.9. The minimum atomic E-state index is 0.572. The van der Waals surface area contributed by atoms with E-state index in [1.807, 2.05) is 19.1 Å². The van der Waals surface area contributed by atoms with Crippen molar-refractivity contribution in [1.82, 2.24) is 10.2 Å². The first-order valence-electron chi connectivity index (χ1n) is 8.13. The first-order valence-corrected chi connectivity index (χ1v) is 8.51. The van der Waals surface area contributed by atoms with E-state index in [1.165, 1.54) is 19.4 Å². The van der Waals surface area contributed by atoms with E-state index in [4.69, 9.17) is 21.1 Å². The van der Waals surface area contributed by atoms with E-state index >= 15 is 0 Å². The average Bonchev–Trinajstić information content (AvgIpc) is 2.97. The molecule has 0 spiro atoms. The molecule has 1 saturated heterocycles. The lowest BCUT2D eigenvalue weighted by Gasteiger charge is -2.23. The number of nitrogens with zero attached hydrogens (tertiary/aromatic N) is 1. The monoisotopic (exact) mass is 326 g/mol. The van der Waals surface area contributed by atoms with Gasteiger partial charge in [-0.3, -0.25) is 4.90 Å². The number of likely N-dealkylation sites (tertiary alicyclic amines) is 1. The maximum atomic E-state index is 6.30. The normalized spacial score (nSPS) is 18.6. The molecule has 0 saturated carbocycles. The predicted molar refractivity (Wildman–Crippen MR) is 91.1 cm³/mol. The van der Waals surface area contributed by atoms with E-state index in [-0.39, 0.29) is 0 Å². The van der Waals surface area contributed by atoms with Gasteiger partial charge in [-0.15, -0.1) is 0 Å². The van der Waals surface area contributed by atoms with Crippen LogP contribution >= 0.6 is 11.6 Å². The van der Waals surface area contributed by atoms with Crippen LogP contribution in [0.1, 0.15) is 32.3 Å². The lowest BCUT2D eigenvalue weighted by molar-refractivity contribution is 0.260. The Labute approximate surface area is 138 Å². The van der Waals surface area contributed by atoms with Gasteiger partial charge in [0.2, 0.25) is 0 Å². The predicted octanol–water partition coefficient (Wildman–Crippen LogP) is 3.32. The summed E-state index contributed by atoms with van der Waals surface area (Å²) >= 11 is 6.30. The van der Waals surface area contributed by atoms with Crippen molar-refractivity contribution in [1.29, 1.82) is 0 Å². The molecule has 0 radical (unpaired) electrons. The molecule has 1 unspecified atom stereocenters. The van der Waals surface area contributed by atoms with E-state index in [2.05, 4.69) is 17.1 Å². The molecule has 1 N–H and O–H groups in total. The molecule has 1 fully saturated rings. The first kappa shape index (κ1) is 17.4. The van der Waals surface area contributed by atoms with Gasteiger partial charge in [0.25, 0.3) is 0 Å². The van der Waals surface area contributed by atoms with Gasteiger partial charge in [-0.1, -0.05) is 18.5 Å². The summed E-state index contributed by atoms with van der Waals surface area (Å²) in [5.41, 5.74) is 1.12. The van der Waals surface area contributed by atoms with Crippen molar-refractivity contribution in [3.05, 3.63) is 22.7 Å². The van der Waals surface area contributed by atoms with Gasteiger partial charge in [0.15, 0.2) is 11.5 Å². The Morgan fingerprint density at radius 2 is 2.18 bits per heavy atom. The number of ether oxygens (including phenoxy) is 2. The molecule has 0 amide bonds. The molecule has 0 aliphatic carbocycles. The third-order valence-corrected chi connectivity index (χ3v) is 4.47. The van der Waals surface area contributed by atoms with Crippen molar-refractivity contribution in [3.63, 3.8) is 0 Å². The van der Waals surface area contributed by atoms with Gasteiger partial charge in [-0.2, -0.15) is 0 Å². The highest BCUT2D eigenvalue weighted by atomic mass is 35.5. The summed E-state index contributed by atoms with van der Waals surface area (Å²) in [5, 5.41) is 4.15. The Kier molecular flexibility index (Phi) is 6.80. The number of benzene rings is 1. The van der Waals surface area contributed by atoms with Gasteiger partial charge in [-0.25, -0.2) is 0 Å². The zero-order valence-corrected chi connectivity index (χ0v) is 14.6. The molecule has 1 aliphatic rings. The number of methoxy groups -OCH3 is 1. The van der Waals surface area contributed by atoms with Crippen molar-refractivity contribution >= 4 is 11.6 Å². The van der Waals surface area contributed by atoms with Gasteiger partial charge in [0, 0.05) is 19.1 Å². The summed E-state index contributed by atoms with van der Waals surface area (Å²) in [7, 11) is 1.64. The Balaban J connectivity index is 1.94. The smallest absolute Gasteiger partial charge is 0.179 e. The van der Waals surface area contributed by atoms with Crippen LogP contribution in [0.3, 0.4) is 0 Å². The Bertz CT molecular complexity index is 482. The van der Waals surface area contributed by atoms with E-state index in [0.29, 0.717) is 29.2 Å². The highest BCUT2D eigenvalue weighted by Gasteiger charge is 2.22. The molecular weight excluding hydrogens is 300 g/mol. The lowest BCUT2D eigenvalue weighted by atomic mass is 10.1. The molecule has 0 aromatic heterocycles. The quantitative estimate of drug-likeness (QED) is 0.794. The number of hydrogen-bond donors (Lipinski definition) is 1. The summed E-state index contributed by atoms with van der Waals surface area (Å²) in [5.74, 6) is 1.32. The molecule has 1 aliphatic heterocycles. The van der Waals surface area contributed by atoms with E-state index in [0.717, 1.165) is 25.2 Å². The van der Waals surface area contributed by atoms with Crippen LogP contribution in [-0.2, 0) is 6.54 Å². The third-order valence-electron chi connectivity index (χ3n) is 4.19. The van der Waals surface area contributed by atoms with Crippen LogP contribution in [0.4, 0.5) is 0 Å². The topological polar surface area (TPSA) is 33.7 Å². The van der Waals surface area contributed by atoms with Crippen LogP contribution < -0.4 is 14.8 Å². The fraction of sp³-hybridized carbons (Fsp3) is 0.647. The second-order valence-electron chi connectivity index (χ2n) is 5.60. The highest BCUT2D eigenvalue weighted by Crippen LogP contribution is 2.36. The molecule has 2 rings (SSSR count). The summed E-state index contributed by atoms with van der Waals surface area (Å²) in [6.07, 6.45) is 2.59. The molecule has 1 aromatic carbocycles. The fourth-order valence-electron chi connectivity index (χ4n) is 3.09. The highest BCUT2D eigenvalue weighted by molar-refractivity contribution is 6.32.